The van der Waals surface area contributed by atoms with Gasteiger partial charge >= 0.3 is 0 Å². The molecule has 1 heterocycles. The third-order valence-electron chi connectivity index (χ3n) is 2.58. The molecule has 1 aromatic heterocycles. The molecule has 1 aromatic carbocycles. The quantitative estimate of drug-likeness (QED) is 0.928. The SMILES string of the molecule is NC(Cc1ccc(F)c(Br)c1)c1ncccc1Cl. The van der Waals surface area contributed by atoms with E-state index in [4.69, 9.17) is 17.3 Å². The fourth-order valence-electron chi connectivity index (χ4n) is 1.69. The summed E-state index contributed by atoms with van der Waals surface area (Å²) in [5.41, 5.74) is 7.64. The molecule has 0 aliphatic heterocycles. The highest BCUT2D eigenvalue weighted by Gasteiger charge is 2.12. The summed E-state index contributed by atoms with van der Waals surface area (Å²) in [4.78, 5) is 4.17. The first-order valence-corrected chi connectivity index (χ1v) is 6.55. The van der Waals surface area contributed by atoms with Crippen LogP contribution in [0.4, 0.5) is 4.39 Å². The lowest BCUT2D eigenvalue weighted by Gasteiger charge is -2.12. The third-order valence-corrected chi connectivity index (χ3v) is 3.51. The van der Waals surface area contributed by atoms with Crippen LogP contribution in [0.1, 0.15) is 17.3 Å². The maximum atomic E-state index is 13.1. The maximum Gasteiger partial charge on any atom is 0.137 e. The maximum absolute atomic E-state index is 13.1. The van der Waals surface area contributed by atoms with Crippen molar-refractivity contribution in [2.75, 3.05) is 0 Å². The second-order valence-electron chi connectivity index (χ2n) is 3.93. The molecule has 2 N–H and O–H groups in total. The molecular formula is C13H11BrClFN2. The molecule has 2 aromatic rings. The zero-order valence-electron chi connectivity index (χ0n) is 9.41. The third kappa shape index (κ3) is 3.07. The van der Waals surface area contributed by atoms with Crippen LogP contribution in [0.15, 0.2) is 41.0 Å². The minimum absolute atomic E-state index is 0.289. The minimum atomic E-state index is -0.309. The van der Waals surface area contributed by atoms with Gasteiger partial charge in [0.25, 0.3) is 0 Å². The smallest absolute Gasteiger partial charge is 0.137 e. The van der Waals surface area contributed by atoms with Crippen molar-refractivity contribution < 1.29 is 4.39 Å². The van der Waals surface area contributed by atoms with Crippen molar-refractivity contribution in [1.29, 1.82) is 0 Å². The van der Waals surface area contributed by atoms with Gasteiger partial charge in [-0.3, -0.25) is 4.98 Å². The molecule has 2 rings (SSSR count). The molecule has 5 heteroatoms. The molecular weight excluding hydrogens is 319 g/mol. The first-order chi connectivity index (χ1) is 8.58. The van der Waals surface area contributed by atoms with Gasteiger partial charge in [-0.2, -0.15) is 0 Å². The number of benzene rings is 1. The summed E-state index contributed by atoms with van der Waals surface area (Å²) >= 11 is 9.18. The van der Waals surface area contributed by atoms with Gasteiger partial charge in [0.15, 0.2) is 0 Å². The van der Waals surface area contributed by atoms with Gasteiger partial charge < -0.3 is 5.73 Å². The summed E-state index contributed by atoms with van der Waals surface area (Å²) < 4.78 is 13.5. The normalized spacial score (nSPS) is 12.4. The van der Waals surface area contributed by atoms with Crippen molar-refractivity contribution in [1.82, 2.24) is 4.98 Å². The zero-order valence-corrected chi connectivity index (χ0v) is 11.7. The van der Waals surface area contributed by atoms with E-state index in [1.54, 1.807) is 30.5 Å². The second-order valence-corrected chi connectivity index (χ2v) is 5.19. The molecule has 1 unspecified atom stereocenters. The van der Waals surface area contributed by atoms with Crippen LogP contribution >= 0.6 is 27.5 Å². The number of nitrogens with two attached hydrogens (primary N) is 1. The van der Waals surface area contributed by atoms with E-state index in [9.17, 15) is 4.39 Å². The largest absolute Gasteiger partial charge is 0.322 e. The van der Waals surface area contributed by atoms with Gasteiger partial charge in [0, 0.05) is 6.20 Å². The topological polar surface area (TPSA) is 38.9 Å². The van der Waals surface area contributed by atoms with E-state index in [1.807, 2.05) is 0 Å². The second kappa shape index (κ2) is 5.78. The first kappa shape index (κ1) is 13.5. The van der Waals surface area contributed by atoms with Gasteiger partial charge in [0.2, 0.25) is 0 Å². The molecule has 0 radical (unpaired) electrons. The molecule has 94 valence electrons. The predicted molar refractivity (Wildman–Crippen MR) is 74.0 cm³/mol. The summed E-state index contributed by atoms with van der Waals surface area (Å²) in [6.45, 7) is 0. The van der Waals surface area contributed by atoms with Crippen molar-refractivity contribution in [3.8, 4) is 0 Å². The van der Waals surface area contributed by atoms with E-state index in [0.29, 0.717) is 21.6 Å². The van der Waals surface area contributed by atoms with Crippen molar-refractivity contribution >= 4 is 27.5 Å². The number of nitrogens with zero attached hydrogens (tertiary/aromatic N) is 1. The predicted octanol–water partition coefficient (Wildman–Crippen LogP) is 3.88. The van der Waals surface area contributed by atoms with E-state index in [1.165, 1.54) is 6.07 Å². The molecule has 0 saturated carbocycles. The van der Waals surface area contributed by atoms with Crippen molar-refractivity contribution in [3.05, 3.63) is 63.1 Å². The Hall–Kier alpha value is -0.970. The molecule has 0 spiro atoms. The molecule has 0 saturated heterocycles. The Kier molecular flexibility index (Phi) is 4.32. The number of halogens is 3. The average Bonchev–Trinajstić information content (AvgIpc) is 2.34. The van der Waals surface area contributed by atoms with Crippen LogP contribution in [0.3, 0.4) is 0 Å². The Morgan fingerprint density at radius 1 is 1.39 bits per heavy atom. The molecule has 0 bridgehead atoms. The Morgan fingerprint density at radius 2 is 2.17 bits per heavy atom. The zero-order chi connectivity index (χ0) is 13.1. The Balaban J connectivity index is 2.19. The van der Waals surface area contributed by atoms with E-state index in [0.717, 1.165) is 5.56 Å². The number of hydrogen-bond acceptors (Lipinski definition) is 2. The van der Waals surface area contributed by atoms with Crippen LogP contribution in [0.5, 0.6) is 0 Å². The summed E-state index contributed by atoms with van der Waals surface area (Å²) in [6, 6.07) is 8.03. The summed E-state index contributed by atoms with van der Waals surface area (Å²) in [6.07, 6.45) is 2.21. The van der Waals surface area contributed by atoms with E-state index >= 15 is 0 Å². The lowest BCUT2D eigenvalue weighted by atomic mass is 10.0. The standard InChI is InChI=1S/C13H11BrClFN2/c14-9-6-8(3-4-11(9)16)7-12(17)13-10(15)2-1-5-18-13/h1-6,12H,7,17H2. The molecule has 0 aliphatic carbocycles. The van der Waals surface area contributed by atoms with Crippen LogP contribution in [-0.2, 0) is 6.42 Å². The van der Waals surface area contributed by atoms with Crippen LogP contribution in [0.25, 0.3) is 0 Å². The van der Waals surface area contributed by atoms with Gasteiger partial charge in [0.1, 0.15) is 5.82 Å². The summed E-state index contributed by atoms with van der Waals surface area (Å²) in [5.74, 6) is -0.289. The number of rotatable bonds is 3. The number of aromatic nitrogens is 1. The fraction of sp³-hybridized carbons (Fsp3) is 0.154. The van der Waals surface area contributed by atoms with Gasteiger partial charge in [-0.05, 0) is 52.2 Å². The Morgan fingerprint density at radius 3 is 2.83 bits per heavy atom. The number of hydrogen-bond donors (Lipinski definition) is 1. The molecule has 0 aliphatic rings. The van der Waals surface area contributed by atoms with Gasteiger partial charge in [-0.25, -0.2) is 4.39 Å². The van der Waals surface area contributed by atoms with Crippen LogP contribution in [-0.4, -0.2) is 4.98 Å². The molecule has 2 nitrogen and oxygen atoms in total. The lowest BCUT2D eigenvalue weighted by Crippen LogP contribution is -2.15. The van der Waals surface area contributed by atoms with Crippen LogP contribution < -0.4 is 5.73 Å². The molecule has 18 heavy (non-hydrogen) atoms. The lowest BCUT2D eigenvalue weighted by molar-refractivity contribution is 0.618. The fourth-order valence-corrected chi connectivity index (χ4v) is 2.38. The monoisotopic (exact) mass is 328 g/mol. The summed E-state index contributed by atoms with van der Waals surface area (Å²) in [5, 5.41) is 0.547. The highest BCUT2D eigenvalue weighted by atomic mass is 79.9. The van der Waals surface area contributed by atoms with E-state index in [-0.39, 0.29) is 11.9 Å². The highest BCUT2D eigenvalue weighted by molar-refractivity contribution is 9.10. The van der Waals surface area contributed by atoms with Crippen LogP contribution in [0.2, 0.25) is 5.02 Å². The van der Waals surface area contributed by atoms with E-state index in [2.05, 4.69) is 20.9 Å². The number of pyridine rings is 1. The van der Waals surface area contributed by atoms with Gasteiger partial charge in [-0.1, -0.05) is 17.7 Å². The minimum Gasteiger partial charge on any atom is -0.322 e. The summed E-state index contributed by atoms with van der Waals surface area (Å²) in [7, 11) is 0. The van der Waals surface area contributed by atoms with Crippen LogP contribution in [0, 0.1) is 5.82 Å². The first-order valence-electron chi connectivity index (χ1n) is 5.38. The van der Waals surface area contributed by atoms with Crippen molar-refractivity contribution in [2.24, 2.45) is 5.73 Å². The van der Waals surface area contributed by atoms with Gasteiger partial charge in [-0.15, -0.1) is 0 Å². The molecule has 0 amide bonds. The van der Waals surface area contributed by atoms with E-state index < -0.39 is 0 Å². The van der Waals surface area contributed by atoms with Crippen molar-refractivity contribution in [3.63, 3.8) is 0 Å². The molecule has 0 fully saturated rings. The molecule has 1 atom stereocenters. The average molecular weight is 330 g/mol. The highest BCUT2D eigenvalue weighted by Crippen LogP contribution is 2.23. The Bertz CT molecular complexity index is 562. The van der Waals surface area contributed by atoms with Gasteiger partial charge in [0.05, 0.1) is 21.2 Å². The van der Waals surface area contributed by atoms with Crippen molar-refractivity contribution in [2.45, 2.75) is 12.5 Å². The Labute approximate surface area is 118 Å².